The number of amides is 1. The quantitative estimate of drug-likeness (QED) is 0.804. The molecule has 1 aliphatic carbocycles. The molecule has 3 fully saturated rings. The Morgan fingerprint density at radius 2 is 1.90 bits per heavy atom. The number of benzene rings is 1. The van der Waals surface area contributed by atoms with E-state index in [9.17, 15) is 9.59 Å². The normalized spacial score (nSPS) is 25.6. The molecule has 7 nitrogen and oxygen atoms in total. The minimum Gasteiger partial charge on any atom is -0.460 e. The molecule has 3 heterocycles. The maximum absolute atomic E-state index is 12.9. The minimum absolute atomic E-state index is 0.0673. The molecule has 1 aromatic heterocycles. The lowest BCUT2D eigenvalue weighted by Crippen LogP contribution is -2.56. The first-order valence-corrected chi connectivity index (χ1v) is 10.7. The molecule has 1 atom stereocenters. The van der Waals surface area contributed by atoms with Gasteiger partial charge in [0.15, 0.2) is 0 Å². The Hall–Kier alpha value is -2.41. The van der Waals surface area contributed by atoms with Crippen LogP contribution in [0.15, 0.2) is 30.6 Å². The summed E-state index contributed by atoms with van der Waals surface area (Å²) in [5.41, 5.74) is 7.20. The van der Waals surface area contributed by atoms with Crippen molar-refractivity contribution in [2.45, 2.75) is 63.1 Å². The van der Waals surface area contributed by atoms with Crippen LogP contribution in [0.1, 0.15) is 44.9 Å². The summed E-state index contributed by atoms with van der Waals surface area (Å²) >= 11 is 0. The highest BCUT2D eigenvalue weighted by atomic mass is 16.6. The van der Waals surface area contributed by atoms with Gasteiger partial charge in [0.25, 0.3) is 0 Å². The van der Waals surface area contributed by atoms with Gasteiger partial charge in [-0.05, 0) is 37.8 Å². The van der Waals surface area contributed by atoms with Gasteiger partial charge in [-0.2, -0.15) is 0 Å². The summed E-state index contributed by atoms with van der Waals surface area (Å²) < 4.78 is 7.84. The molecule has 1 aromatic carbocycles. The number of rotatable bonds is 3. The van der Waals surface area contributed by atoms with Crippen LogP contribution in [0.2, 0.25) is 0 Å². The average molecular weight is 396 g/mol. The first-order chi connectivity index (χ1) is 14.0. The predicted octanol–water partition coefficient (Wildman–Crippen LogP) is 2.23. The number of likely N-dealkylation sites (tertiary alicyclic amines) is 1. The fourth-order valence-corrected chi connectivity index (χ4v) is 5.39. The van der Waals surface area contributed by atoms with Crippen LogP contribution >= 0.6 is 0 Å². The number of esters is 1. The van der Waals surface area contributed by atoms with Crippen molar-refractivity contribution < 1.29 is 14.3 Å². The maximum atomic E-state index is 12.9. The van der Waals surface area contributed by atoms with Crippen molar-refractivity contribution in [3.05, 3.63) is 30.6 Å². The van der Waals surface area contributed by atoms with E-state index in [0.717, 1.165) is 36.7 Å². The Labute approximate surface area is 170 Å². The van der Waals surface area contributed by atoms with Crippen molar-refractivity contribution in [2.75, 3.05) is 13.1 Å². The summed E-state index contributed by atoms with van der Waals surface area (Å²) in [6.45, 7) is 1.80. The third-order valence-corrected chi connectivity index (χ3v) is 7.18. The molecular weight excluding hydrogens is 368 g/mol. The standard InChI is InChI=1S/C22H28N4O3/c23-22(7-3-4-8-22)19(27)25-11-9-21(10-12-25)13-16(29-20(21)28)14-26-15-24-17-5-1-2-6-18(17)26/h1-2,5-6,15-16H,3-4,7-14,23H2. The smallest absolute Gasteiger partial charge is 0.312 e. The molecule has 0 bridgehead atoms. The van der Waals surface area contributed by atoms with E-state index in [1.807, 2.05) is 35.5 Å². The van der Waals surface area contributed by atoms with Gasteiger partial charge in [0.1, 0.15) is 6.10 Å². The number of carbonyl (C=O) groups excluding carboxylic acids is 2. The minimum atomic E-state index is -0.689. The number of fused-ring (bicyclic) bond motifs is 1. The van der Waals surface area contributed by atoms with E-state index >= 15 is 0 Å². The summed E-state index contributed by atoms with van der Waals surface area (Å²) in [5.74, 6) is -0.0417. The number of imidazole rings is 1. The monoisotopic (exact) mass is 396 g/mol. The molecule has 29 heavy (non-hydrogen) atoms. The van der Waals surface area contributed by atoms with Crippen LogP contribution in [0.3, 0.4) is 0 Å². The molecule has 1 unspecified atom stereocenters. The van der Waals surface area contributed by atoms with Gasteiger partial charge in [-0.25, -0.2) is 4.98 Å². The van der Waals surface area contributed by atoms with Crippen LogP contribution in [0.25, 0.3) is 11.0 Å². The van der Waals surface area contributed by atoms with Crippen molar-refractivity contribution in [3.63, 3.8) is 0 Å². The van der Waals surface area contributed by atoms with E-state index in [2.05, 4.69) is 9.55 Å². The highest BCUT2D eigenvalue weighted by molar-refractivity contribution is 5.87. The summed E-state index contributed by atoms with van der Waals surface area (Å²) in [7, 11) is 0. The molecule has 3 aliphatic rings. The van der Waals surface area contributed by atoms with Crippen molar-refractivity contribution >= 4 is 22.9 Å². The second-order valence-corrected chi connectivity index (χ2v) is 9.05. The molecular formula is C22H28N4O3. The number of hydrogen-bond donors (Lipinski definition) is 1. The Morgan fingerprint density at radius 1 is 1.17 bits per heavy atom. The lowest BCUT2D eigenvalue weighted by Gasteiger charge is -2.39. The van der Waals surface area contributed by atoms with E-state index in [-0.39, 0.29) is 18.0 Å². The number of hydrogen-bond acceptors (Lipinski definition) is 5. The molecule has 2 aliphatic heterocycles. The third-order valence-electron chi connectivity index (χ3n) is 7.18. The number of cyclic esters (lactones) is 1. The van der Waals surface area contributed by atoms with Crippen LogP contribution in [0.4, 0.5) is 0 Å². The molecule has 5 rings (SSSR count). The van der Waals surface area contributed by atoms with Crippen LogP contribution in [-0.4, -0.2) is 51.1 Å². The third kappa shape index (κ3) is 3.12. The number of carbonyl (C=O) groups is 2. The van der Waals surface area contributed by atoms with E-state index in [1.54, 1.807) is 0 Å². The van der Waals surface area contributed by atoms with Gasteiger partial charge in [-0.1, -0.05) is 25.0 Å². The first kappa shape index (κ1) is 18.6. The summed E-state index contributed by atoms with van der Waals surface area (Å²) in [5, 5.41) is 0. The van der Waals surface area contributed by atoms with E-state index in [1.165, 1.54) is 0 Å². The van der Waals surface area contributed by atoms with Gasteiger partial charge in [0.05, 0.1) is 34.9 Å². The topological polar surface area (TPSA) is 90.5 Å². The second-order valence-electron chi connectivity index (χ2n) is 9.05. The molecule has 1 saturated carbocycles. The van der Waals surface area contributed by atoms with Crippen LogP contribution < -0.4 is 5.73 Å². The zero-order valence-corrected chi connectivity index (χ0v) is 16.7. The Kier molecular flexibility index (Phi) is 4.38. The lowest BCUT2D eigenvalue weighted by molar-refractivity contribution is -0.153. The molecule has 1 spiro atoms. The lowest BCUT2D eigenvalue weighted by atomic mass is 9.75. The fraction of sp³-hybridized carbons (Fsp3) is 0.591. The number of nitrogens with two attached hydrogens (primary N) is 1. The Balaban J connectivity index is 1.24. The number of nitrogens with zero attached hydrogens (tertiary/aromatic N) is 3. The highest BCUT2D eigenvalue weighted by Gasteiger charge is 2.52. The summed E-state index contributed by atoms with van der Waals surface area (Å²) in [6, 6.07) is 7.97. The van der Waals surface area contributed by atoms with E-state index in [4.69, 9.17) is 10.5 Å². The van der Waals surface area contributed by atoms with Gasteiger partial charge >= 0.3 is 5.97 Å². The first-order valence-electron chi connectivity index (χ1n) is 10.7. The summed E-state index contributed by atoms with van der Waals surface area (Å²) in [6.07, 6.45) is 7.28. The maximum Gasteiger partial charge on any atom is 0.312 e. The molecule has 2 aromatic rings. The van der Waals surface area contributed by atoms with Crippen LogP contribution in [0, 0.1) is 5.41 Å². The van der Waals surface area contributed by atoms with Crippen molar-refractivity contribution in [2.24, 2.45) is 11.1 Å². The molecule has 154 valence electrons. The van der Waals surface area contributed by atoms with E-state index < -0.39 is 11.0 Å². The van der Waals surface area contributed by atoms with Crippen molar-refractivity contribution in [1.82, 2.24) is 14.5 Å². The second kappa shape index (κ2) is 6.83. The summed E-state index contributed by atoms with van der Waals surface area (Å²) in [4.78, 5) is 32.0. The number of piperidine rings is 1. The van der Waals surface area contributed by atoms with Crippen molar-refractivity contribution in [3.8, 4) is 0 Å². The van der Waals surface area contributed by atoms with Crippen LogP contribution in [-0.2, 0) is 20.9 Å². The molecule has 2 N–H and O–H groups in total. The largest absolute Gasteiger partial charge is 0.460 e. The van der Waals surface area contributed by atoms with Gasteiger partial charge in [-0.3, -0.25) is 9.59 Å². The molecule has 2 saturated heterocycles. The molecule has 0 radical (unpaired) electrons. The van der Waals surface area contributed by atoms with Gasteiger partial charge in [0.2, 0.25) is 5.91 Å². The fourth-order valence-electron chi connectivity index (χ4n) is 5.39. The Bertz CT molecular complexity index is 938. The van der Waals surface area contributed by atoms with Crippen LogP contribution in [0.5, 0.6) is 0 Å². The zero-order valence-electron chi connectivity index (χ0n) is 16.7. The average Bonchev–Trinajstić information content (AvgIpc) is 3.42. The Morgan fingerprint density at radius 3 is 2.66 bits per heavy atom. The van der Waals surface area contributed by atoms with E-state index in [0.29, 0.717) is 38.9 Å². The van der Waals surface area contributed by atoms with Gasteiger partial charge in [-0.15, -0.1) is 0 Å². The van der Waals surface area contributed by atoms with Gasteiger partial charge < -0.3 is 19.9 Å². The highest BCUT2D eigenvalue weighted by Crippen LogP contribution is 2.44. The molecule has 7 heteroatoms. The van der Waals surface area contributed by atoms with Crippen molar-refractivity contribution in [1.29, 1.82) is 0 Å². The number of ether oxygens (including phenoxy) is 1. The SMILES string of the molecule is NC1(C(=O)N2CCC3(CC2)CC(Cn2cnc4ccccc42)OC3=O)CCCC1. The van der Waals surface area contributed by atoms with Gasteiger partial charge in [0, 0.05) is 19.5 Å². The number of aromatic nitrogens is 2. The predicted molar refractivity (Wildman–Crippen MR) is 108 cm³/mol. The molecule has 1 amide bonds. The number of para-hydroxylation sites is 2. The zero-order chi connectivity index (χ0) is 20.1.